The van der Waals surface area contributed by atoms with Crippen LogP contribution in [0.2, 0.25) is 0 Å². The zero-order valence-electron chi connectivity index (χ0n) is 21.2. The van der Waals surface area contributed by atoms with Gasteiger partial charge in [-0.3, -0.25) is 14.8 Å². The van der Waals surface area contributed by atoms with Gasteiger partial charge in [-0.25, -0.2) is 9.78 Å². The van der Waals surface area contributed by atoms with Gasteiger partial charge >= 0.3 is 6.09 Å². The molecule has 0 radical (unpaired) electrons. The number of hydrogen-bond donors (Lipinski definition) is 2. The molecule has 0 atom stereocenters. The van der Waals surface area contributed by atoms with Gasteiger partial charge in [-0.05, 0) is 49.9 Å². The van der Waals surface area contributed by atoms with Gasteiger partial charge < -0.3 is 19.7 Å². The molecule has 186 valence electrons. The third kappa shape index (κ3) is 5.55. The van der Waals surface area contributed by atoms with Crippen LogP contribution in [-0.2, 0) is 24.2 Å². The van der Waals surface area contributed by atoms with Crippen LogP contribution in [0, 0.1) is 0 Å². The molecule has 3 heterocycles. The molecule has 0 bridgehead atoms. The first-order valence-corrected chi connectivity index (χ1v) is 11.9. The van der Waals surface area contributed by atoms with Crippen LogP contribution in [0.25, 0.3) is 10.9 Å². The number of nitrogens with one attached hydrogen (secondary N) is 2. The number of amides is 1. The Balaban J connectivity index is 1.54. The molecule has 2 aromatic heterocycles. The van der Waals surface area contributed by atoms with Crippen LogP contribution < -0.4 is 20.5 Å². The van der Waals surface area contributed by atoms with Gasteiger partial charge in [0.2, 0.25) is 5.95 Å². The maximum atomic E-state index is 13.1. The minimum absolute atomic E-state index is 0.149. The van der Waals surface area contributed by atoms with Crippen molar-refractivity contribution in [2.75, 3.05) is 18.6 Å². The number of carbonyl (C=O) groups is 1. The molecule has 1 aromatic carbocycles. The minimum Gasteiger partial charge on any atom is -0.497 e. The highest BCUT2D eigenvalue weighted by Crippen LogP contribution is 2.29. The van der Waals surface area contributed by atoms with Gasteiger partial charge in [-0.15, -0.1) is 0 Å². The third-order valence-electron chi connectivity index (χ3n) is 5.88. The van der Waals surface area contributed by atoms with E-state index >= 15 is 0 Å². The van der Waals surface area contributed by atoms with E-state index in [2.05, 4.69) is 15.2 Å². The summed E-state index contributed by atoms with van der Waals surface area (Å²) < 4.78 is 10.7. The summed E-state index contributed by atoms with van der Waals surface area (Å²) in [5.41, 5.74) is 3.66. The number of nitrogens with zero attached hydrogens (tertiary/aromatic N) is 3. The fourth-order valence-corrected chi connectivity index (χ4v) is 4.20. The summed E-state index contributed by atoms with van der Waals surface area (Å²) in [6.07, 6.45) is 0.235. The van der Waals surface area contributed by atoms with Crippen LogP contribution in [-0.4, -0.2) is 40.3 Å². The fourth-order valence-electron chi connectivity index (χ4n) is 4.20. The Bertz CT molecular complexity index is 1310. The number of anilines is 1. The van der Waals surface area contributed by atoms with Crippen molar-refractivity contribution in [2.24, 2.45) is 0 Å². The minimum atomic E-state index is -0.546. The number of ether oxygens (including phenoxy) is 2. The highest BCUT2D eigenvalue weighted by molar-refractivity contribution is 5.84. The van der Waals surface area contributed by atoms with Crippen LogP contribution in [0.3, 0.4) is 0 Å². The Morgan fingerprint density at radius 3 is 2.69 bits per heavy atom. The highest BCUT2D eigenvalue weighted by atomic mass is 16.6. The molecule has 9 nitrogen and oxygen atoms in total. The standard InChI is InChI=1S/C26H33N5O4/c1-15(2)19-11-18(34-6)12-21-22(19)23(32)30-24(29-21)31-10-9-20-16(14-31)7-8-17(28-20)13-27-25(33)35-26(3,4)5/h7-8,11-12,15H,9-10,13-14H2,1-6H3,(H,27,33)(H,29,30,32). The van der Waals surface area contributed by atoms with Crippen LogP contribution in [0.15, 0.2) is 29.1 Å². The number of benzene rings is 1. The van der Waals surface area contributed by atoms with E-state index in [1.54, 1.807) is 7.11 Å². The molecule has 2 N–H and O–H groups in total. The largest absolute Gasteiger partial charge is 0.497 e. The van der Waals surface area contributed by atoms with Crippen molar-refractivity contribution in [3.8, 4) is 5.75 Å². The van der Waals surface area contributed by atoms with E-state index in [1.807, 2.05) is 58.9 Å². The fraction of sp³-hybridized carbons (Fsp3) is 0.462. The number of H-pyrrole nitrogens is 1. The number of methoxy groups -OCH3 is 1. The molecule has 1 aliphatic rings. The van der Waals surface area contributed by atoms with Gasteiger partial charge in [0.1, 0.15) is 11.4 Å². The number of aromatic amines is 1. The molecular weight excluding hydrogens is 446 g/mol. The number of hydrogen-bond acceptors (Lipinski definition) is 7. The van der Waals surface area contributed by atoms with Gasteiger partial charge in [0.05, 0.1) is 30.3 Å². The van der Waals surface area contributed by atoms with Crippen molar-refractivity contribution in [3.63, 3.8) is 0 Å². The number of carbonyl (C=O) groups excluding carboxylic acids is 1. The van der Waals surface area contributed by atoms with Crippen molar-refractivity contribution in [3.05, 3.63) is 57.1 Å². The zero-order valence-corrected chi connectivity index (χ0v) is 21.2. The van der Waals surface area contributed by atoms with Crippen molar-refractivity contribution in [2.45, 2.75) is 65.6 Å². The van der Waals surface area contributed by atoms with Crippen molar-refractivity contribution in [1.82, 2.24) is 20.3 Å². The summed E-state index contributed by atoms with van der Waals surface area (Å²) in [6.45, 7) is 11.1. The van der Waals surface area contributed by atoms with E-state index in [4.69, 9.17) is 19.4 Å². The van der Waals surface area contributed by atoms with E-state index in [0.29, 0.717) is 48.7 Å². The highest BCUT2D eigenvalue weighted by Gasteiger charge is 2.22. The van der Waals surface area contributed by atoms with Gasteiger partial charge in [0, 0.05) is 31.3 Å². The summed E-state index contributed by atoms with van der Waals surface area (Å²) in [5.74, 6) is 1.38. The molecule has 0 saturated carbocycles. The predicted octanol–water partition coefficient (Wildman–Crippen LogP) is 4.04. The maximum Gasteiger partial charge on any atom is 0.407 e. The van der Waals surface area contributed by atoms with Crippen LogP contribution in [0.4, 0.5) is 10.7 Å². The van der Waals surface area contributed by atoms with E-state index in [9.17, 15) is 9.59 Å². The molecule has 35 heavy (non-hydrogen) atoms. The van der Waals surface area contributed by atoms with E-state index in [-0.39, 0.29) is 11.5 Å². The molecule has 9 heteroatoms. The van der Waals surface area contributed by atoms with E-state index < -0.39 is 11.7 Å². The number of aromatic nitrogens is 3. The van der Waals surface area contributed by atoms with Crippen LogP contribution in [0.1, 0.15) is 63.1 Å². The summed E-state index contributed by atoms with van der Waals surface area (Å²) in [6, 6.07) is 7.63. The first-order chi connectivity index (χ1) is 16.5. The lowest BCUT2D eigenvalue weighted by Gasteiger charge is -2.29. The van der Waals surface area contributed by atoms with Gasteiger partial charge in [0.15, 0.2) is 0 Å². The molecular formula is C26H33N5O4. The predicted molar refractivity (Wildman–Crippen MR) is 135 cm³/mol. The first-order valence-electron chi connectivity index (χ1n) is 11.9. The third-order valence-corrected chi connectivity index (χ3v) is 5.88. The van der Waals surface area contributed by atoms with Crippen molar-refractivity contribution in [1.29, 1.82) is 0 Å². The summed E-state index contributed by atoms with van der Waals surface area (Å²) in [5, 5.41) is 3.35. The smallest absolute Gasteiger partial charge is 0.407 e. The lowest BCUT2D eigenvalue weighted by molar-refractivity contribution is 0.0523. The lowest BCUT2D eigenvalue weighted by atomic mass is 9.98. The normalized spacial score (nSPS) is 13.6. The molecule has 1 aliphatic heterocycles. The molecule has 1 amide bonds. The maximum absolute atomic E-state index is 13.1. The second kappa shape index (κ2) is 9.56. The Morgan fingerprint density at radius 1 is 1.23 bits per heavy atom. The summed E-state index contributed by atoms with van der Waals surface area (Å²) in [7, 11) is 1.62. The second-order valence-electron chi connectivity index (χ2n) is 10.1. The molecule has 0 unspecified atom stereocenters. The average molecular weight is 480 g/mol. The second-order valence-corrected chi connectivity index (χ2v) is 10.1. The molecule has 0 saturated heterocycles. The first kappa shape index (κ1) is 24.5. The van der Waals surface area contributed by atoms with Crippen LogP contribution in [0.5, 0.6) is 5.75 Å². The SMILES string of the molecule is COc1cc(C(C)C)c2c(=O)[nH]c(N3CCc4nc(CNC(=O)OC(C)(C)C)ccc4C3)nc2c1. The molecule has 4 rings (SSSR count). The van der Waals surface area contributed by atoms with Crippen molar-refractivity contribution >= 4 is 22.9 Å². The van der Waals surface area contributed by atoms with E-state index in [1.165, 1.54) is 0 Å². The van der Waals surface area contributed by atoms with Gasteiger partial charge in [-0.2, -0.15) is 0 Å². The zero-order chi connectivity index (χ0) is 25.3. The molecule has 3 aromatic rings. The quantitative estimate of drug-likeness (QED) is 0.568. The lowest BCUT2D eigenvalue weighted by Crippen LogP contribution is -2.34. The van der Waals surface area contributed by atoms with Gasteiger partial charge in [0.25, 0.3) is 5.56 Å². The topological polar surface area (TPSA) is 109 Å². The number of fused-ring (bicyclic) bond motifs is 2. The Hall–Kier alpha value is -3.62. The average Bonchev–Trinajstić information content (AvgIpc) is 2.80. The Kier molecular flexibility index (Phi) is 6.69. The van der Waals surface area contributed by atoms with Crippen LogP contribution >= 0.6 is 0 Å². The Morgan fingerprint density at radius 2 is 2.00 bits per heavy atom. The molecule has 0 fully saturated rings. The van der Waals surface area contributed by atoms with Gasteiger partial charge in [-0.1, -0.05) is 19.9 Å². The van der Waals surface area contributed by atoms with Crippen molar-refractivity contribution < 1.29 is 14.3 Å². The number of pyridine rings is 1. The number of alkyl carbamates (subject to hydrolysis) is 1. The Labute approximate surface area is 204 Å². The summed E-state index contributed by atoms with van der Waals surface area (Å²) in [4.78, 5) is 39.5. The molecule has 0 aliphatic carbocycles. The monoisotopic (exact) mass is 479 g/mol. The summed E-state index contributed by atoms with van der Waals surface area (Å²) >= 11 is 0. The van der Waals surface area contributed by atoms with E-state index in [0.717, 1.165) is 22.5 Å². The number of rotatable bonds is 5. The molecule has 0 spiro atoms.